The number of imidazole rings is 1. The molecule has 1 N–H and O–H groups in total. The van der Waals surface area contributed by atoms with Crippen molar-refractivity contribution in [3.05, 3.63) is 18.2 Å². The summed E-state index contributed by atoms with van der Waals surface area (Å²) in [5.74, 6) is 1.27. The zero-order chi connectivity index (χ0) is 10.1. The number of phenols is 1. The maximum atomic E-state index is 9.30. The molecule has 0 bridgehead atoms. The Labute approximate surface area is 86.8 Å². The van der Waals surface area contributed by atoms with Gasteiger partial charge in [0.1, 0.15) is 5.75 Å². The van der Waals surface area contributed by atoms with E-state index in [1.165, 1.54) is 0 Å². The summed E-state index contributed by atoms with van der Waals surface area (Å²) in [5, 5.41) is 10.3. The van der Waals surface area contributed by atoms with Crippen LogP contribution in [0.15, 0.2) is 23.4 Å². The van der Waals surface area contributed by atoms with Crippen molar-refractivity contribution in [1.82, 2.24) is 9.55 Å². The molecule has 0 fully saturated rings. The summed E-state index contributed by atoms with van der Waals surface area (Å²) in [6.45, 7) is 2.10. The highest BCUT2D eigenvalue weighted by Gasteiger charge is 2.07. The molecular formula is C10H12N2OS. The minimum absolute atomic E-state index is 0.267. The number of thioether (sulfide) groups is 1. The summed E-state index contributed by atoms with van der Waals surface area (Å²) >= 11 is 1.70. The summed E-state index contributed by atoms with van der Waals surface area (Å²) in [7, 11) is 1.99. The molecule has 74 valence electrons. The fraction of sp³-hybridized carbons (Fsp3) is 0.300. The highest BCUT2D eigenvalue weighted by Crippen LogP contribution is 2.24. The number of aromatic nitrogens is 2. The number of nitrogens with zero attached hydrogens (tertiary/aromatic N) is 2. The highest BCUT2D eigenvalue weighted by atomic mass is 32.2. The van der Waals surface area contributed by atoms with Gasteiger partial charge in [-0.05, 0) is 17.9 Å². The van der Waals surface area contributed by atoms with E-state index in [2.05, 4.69) is 11.9 Å². The van der Waals surface area contributed by atoms with Gasteiger partial charge in [-0.1, -0.05) is 18.7 Å². The molecule has 1 aromatic heterocycles. The highest BCUT2D eigenvalue weighted by molar-refractivity contribution is 7.99. The van der Waals surface area contributed by atoms with E-state index in [1.807, 2.05) is 17.7 Å². The molecular weight excluding hydrogens is 196 g/mol. The van der Waals surface area contributed by atoms with Gasteiger partial charge in [0.05, 0.1) is 11.0 Å². The van der Waals surface area contributed by atoms with Crippen LogP contribution in [0, 0.1) is 0 Å². The molecule has 0 radical (unpaired) electrons. The fourth-order valence-electron chi connectivity index (χ4n) is 1.42. The minimum atomic E-state index is 0.267. The lowest BCUT2D eigenvalue weighted by molar-refractivity contribution is 0.476. The van der Waals surface area contributed by atoms with Gasteiger partial charge in [0, 0.05) is 13.1 Å². The molecule has 2 rings (SSSR count). The molecule has 0 saturated carbocycles. The van der Waals surface area contributed by atoms with Crippen molar-refractivity contribution >= 4 is 22.8 Å². The first-order chi connectivity index (χ1) is 6.72. The summed E-state index contributed by atoms with van der Waals surface area (Å²) in [4.78, 5) is 4.43. The van der Waals surface area contributed by atoms with E-state index < -0.39 is 0 Å². The van der Waals surface area contributed by atoms with Gasteiger partial charge in [-0.2, -0.15) is 0 Å². The number of hydrogen-bond donors (Lipinski definition) is 1. The normalized spacial score (nSPS) is 11.0. The van der Waals surface area contributed by atoms with Gasteiger partial charge in [0.25, 0.3) is 0 Å². The molecule has 0 unspecified atom stereocenters. The van der Waals surface area contributed by atoms with Gasteiger partial charge in [-0.15, -0.1) is 0 Å². The molecule has 0 aliphatic heterocycles. The van der Waals surface area contributed by atoms with E-state index >= 15 is 0 Å². The van der Waals surface area contributed by atoms with Gasteiger partial charge in [0.2, 0.25) is 0 Å². The summed E-state index contributed by atoms with van der Waals surface area (Å²) in [6.07, 6.45) is 0. The Morgan fingerprint density at radius 2 is 2.29 bits per heavy atom. The second-order valence-electron chi connectivity index (χ2n) is 3.06. The van der Waals surface area contributed by atoms with E-state index in [0.29, 0.717) is 0 Å². The van der Waals surface area contributed by atoms with Gasteiger partial charge < -0.3 is 9.67 Å². The molecule has 0 aliphatic rings. The largest absolute Gasteiger partial charge is 0.508 e. The van der Waals surface area contributed by atoms with Gasteiger partial charge in [0.15, 0.2) is 5.16 Å². The minimum Gasteiger partial charge on any atom is -0.508 e. The molecule has 4 heteroatoms. The second kappa shape index (κ2) is 3.53. The van der Waals surface area contributed by atoms with Crippen LogP contribution in [-0.4, -0.2) is 20.4 Å². The van der Waals surface area contributed by atoms with Crippen LogP contribution in [0.1, 0.15) is 6.92 Å². The zero-order valence-electron chi connectivity index (χ0n) is 8.19. The Balaban J connectivity index is 2.61. The third-order valence-electron chi connectivity index (χ3n) is 2.10. The lowest BCUT2D eigenvalue weighted by Crippen LogP contribution is -1.89. The van der Waals surface area contributed by atoms with Crippen LogP contribution in [0.5, 0.6) is 5.75 Å². The van der Waals surface area contributed by atoms with Crippen molar-refractivity contribution in [3.63, 3.8) is 0 Å². The molecule has 0 atom stereocenters. The van der Waals surface area contributed by atoms with Crippen molar-refractivity contribution in [2.75, 3.05) is 5.75 Å². The van der Waals surface area contributed by atoms with Crippen LogP contribution in [0.2, 0.25) is 0 Å². The molecule has 3 nitrogen and oxygen atoms in total. The predicted molar refractivity (Wildman–Crippen MR) is 58.8 cm³/mol. The lowest BCUT2D eigenvalue weighted by atomic mass is 10.3. The third kappa shape index (κ3) is 1.46. The maximum Gasteiger partial charge on any atom is 0.168 e. The lowest BCUT2D eigenvalue weighted by Gasteiger charge is -1.98. The number of fused-ring (bicyclic) bond motifs is 1. The summed E-state index contributed by atoms with van der Waals surface area (Å²) in [5.41, 5.74) is 1.90. The topological polar surface area (TPSA) is 38.1 Å². The van der Waals surface area contributed by atoms with E-state index in [-0.39, 0.29) is 5.75 Å². The van der Waals surface area contributed by atoms with Gasteiger partial charge in [-0.25, -0.2) is 4.98 Å². The van der Waals surface area contributed by atoms with E-state index in [1.54, 1.807) is 23.9 Å². The maximum absolute atomic E-state index is 9.30. The number of phenolic OH excluding ortho intramolecular Hbond substituents is 1. The van der Waals surface area contributed by atoms with Crippen molar-refractivity contribution in [2.24, 2.45) is 7.05 Å². The Bertz CT molecular complexity index is 464. The first-order valence-corrected chi connectivity index (χ1v) is 5.49. The summed E-state index contributed by atoms with van der Waals surface area (Å²) in [6, 6.07) is 5.26. The molecule has 0 amide bonds. The quantitative estimate of drug-likeness (QED) is 0.770. The van der Waals surface area contributed by atoms with Crippen LogP contribution in [0.3, 0.4) is 0 Å². The molecule has 2 aromatic rings. The Kier molecular flexibility index (Phi) is 2.37. The first-order valence-electron chi connectivity index (χ1n) is 4.50. The number of aromatic hydroxyl groups is 1. The fourth-order valence-corrected chi connectivity index (χ4v) is 2.14. The van der Waals surface area contributed by atoms with Crippen LogP contribution < -0.4 is 0 Å². The van der Waals surface area contributed by atoms with E-state index in [4.69, 9.17) is 0 Å². The van der Waals surface area contributed by atoms with Gasteiger partial charge in [-0.3, -0.25) is 0 Å². The smallest absolute Gasteiger partial charge is 0.168 e. The third-order valence-corrected chi connectivity index (χ3v) is 3.01. The standard InChI is InChI=1S/C10H12N2OS/c1-3-14-10-11-8-6-7(13)4-5-9(8)12(10)2/h4-6,13H,3H2,1-2H3. The monoisotopic (exact) mass is 208 g/mol. The molecule has 0 aliphatic carbocycles. The Hall–Kier alpha value is -1.16. The van der Waals surface area contributed by atoms with Crippen LogP contribution >= 0.6 is 11.8 Å². The number of rotatable bonds is 2. The van der Waals surface area contributed by atoms with Crippen LogP contribution in [-0.2, 0) is 7.05 Å². The van der Waals surface area contributed by atoms with Crippen LogP contribution in [0.4, 0.5) is 0 Å². The Morgan fingerprint density at radius 1 is 1.50 bits per heavy atom. The summed E-state index contributed by atoms with van der Waals surface area (Å²) < 4.78 is 2.04. The zero-order valence-corrected chi connectivity index (χ0v) is 9.01. The number of aryl methyl sites for hydroxylation is 1. The predicted octanol–water partition coefficient (Wildman–Crippen LogP) is 2.39. The average Bonchev–Trinajstić information content (AvgIpc) is 2.44. The second-order valence-corrected chi connectivity index (χ2v) is 4.29. The molecule has 14 heavy (non-hydrogen) atoms. The van der Waals surface area contributed by atoms with Crippen molar-refractivity contribution in [1.29, 1.82) is 0 Å². The average molecular weight is 208 g/mol. The SMILES string of the molecule is CCSc1nc2cc(O)ccc2n1C. The van der Waals surface area contributed by atoms with Gasteiger partial charge >= 0.3 is 0 Å². The van der Waals surface area contributed by atoms with E-state index in [9.17, 15) is 5.11 Å². The van der Waals surface area contributed by atoms with E-state index in [0.717, 1.165) is 21.9 Å². The van der Waals surface area contributed by atoms with Crippen molar-refractivity contribution < 1.29 is 5.11 Å². The molecule has 1 aromatic carbocycles. The van der Waals surface area contributed by atoms with Crippen molar-refractivity contribution in [3.8, 4) is 5.75 Å². The molecule has 0 saturated heterocycles. The Morgan fingerprint density at radius 3 is 3.00 bits per heavy atom. The van der Waals surface area contributed by atoms with Crippen LogP contribution in [0.25, 0.3) is 11.0 Å². The molecule has 0 spiro atoms. The number of benzene rings is 1. The number of hydrogen-bond acceptors (Lipinski definition) is 3. The molecule has 1 heterocycles. The van der Waals surface area contributed by atoms with Crippen molar-refractivity contribution in [2.45, 2.75) is 12.1 Å². The first kappa shape index (κ1) is 9.40.